The molecule has 0 radical (unpaired) electrons. The van der Waals surface area contributed by atoms with Crippen LogP contribution in [0.1, 0.15) is 54.3 Å². The number of nitrogens with zero attached hydrogens (tertiary/aromatic N) is 1. The van der Waals surface area contributed by atoms with Gasteiger partial charge >= 0.3 is 0 Å². The average molecular weight is 486 g/mol. The van der Waals surface area contributed by atoms with Crippen LogP contribution in [-0.2, 0) is 12.0 Å². The van der Waals surface area contributed by atoms with Gasteiger partial charge in [0.2, 0.25) is 0 Å². The van der Waals surface area contributed by atoms with E-state index in [-0.39, 0.29) is 0 Å². The summed E-state index contributed by atoms with van der Waals surface area (Å²) >= 11 is 6.09. The van der Waals surface area contributed by atoms with Crippen LogP contribution in [0.15, 0.2) is 92.0 Å². The highest BCUT2D eigenvalue weighted by molar-refractivity contribution is 6.31. The number of benzene rings is 3. The molecule has 4 rings (SSSR count). The molecule has 0 bridgehead atoms. The number of hydrogen-bond donors (Lipinski definition) is 2. The van der Waals surface area contributed by atoms with E-state index >= 15 is 0 Å². The van der Waals surface area contributed by atoms with Gasteiger partial charge in [-0.15, -0.1) is 13.2 Å². The van der Waals surface area contributed by atoms with Crippen molar-refractivity contribution in [3.05, 3.63) is 125 Å². The van der Waals surface area contributed by atoms with E-state index in [0.717, 1.165) is 38.9 Å². The van der Waals surface area contributed by atoms with Crippen molar-refractivity contribution in [2.24, 2.45) is 0 Å². The maximum Gasteiger partial charge on any atom is 0.0843 e. The molecule has 1 aromatic heterocycles. The van der Waals surface area contributed by atoms with E-state index in [4.69, 9.17) is 11.6 Å². The number of aliphatic hydroxyl groups excluding tert-OH is 1. The van der Waals surface area contributed by atoms with E-state index in [0.29, 0.717) is 17.9 Å². The second kappa shape index (κ2) is 11.9. The molecule has 0 fully saturated rings. The number of halogens is 1. The minimum absolute atomic E-state index is 0.577. The fourth-order valence-corrected chi connectivity index (χ4v) is 4.21. The molecule has 4 aromatic rings. The van der Waals surface area contributed by atoms with Gasteiger partial charge in [0.15, 0.2) is 0 Å². The Morgan fingerprint density at radius 1 is 0.943 bits per heavy atom. The molecule has 3 aromatic carbocycles. The van der Waals surface area contributed by atoms with E-state index in [1.807, 2.05) is 91.0 Å². The van der Waals surface area contributed by atoms with E-state index < -0.39 is 11.7 Å². The molecule has 1 heterocycles. The second-order valence-corrected chi connectivity index (χ2v) is 9.28. The van der Waals surface area contributed by atoms with Gasteiger partial charge in [-0.25, -0.2) is 4.98 Å². The zero-order chi connectivity index (χ0) is 25.4. The number of aromatic nitrogens is 1. The maximum absolute atomic E-state index is 10.8. The molecule has 0 amide bonds. The number of aryl methyl sites for hydroxylation is 1. The molecule has 0 saturated carbocycles. The van der Waals surface area contributed by atoms with Gasteiger partial charge in [0.25, 0.3) is 0 Å². The van der Waals surface area contributed by atoms with Crippen molar-refractivity contribution >= 4 is 34.7 Å². The minimum Gasteiger partial charge on any atom is -0.388 e. The monoisotopic (exact) mass is 485 g/mol. The van der Waals surface area contributed by atoms with Crippen LogP contribution in [0.2, 0.25) is 5.02 Å². The van der Waals surface area contributed by atoms with Gasteiger partial charge in [-0.05, 0) is 79.3 Å². The van der Waals surface area contributed by atoms with Crippen molar-refractivity contribution in [3.8, 4) is 0 Å². The lowest BCUT2D eigenvalue weighted by molar-refractivity contribution is 0.0772. The average Bonchev–Trinajstić information content (AvgIpc) is 2.86. The predicted molar refractivity (Wildman–Crippen MR) is 148 cm³/mol. The quantitative estimate of drug-likeness (QED) is 0.263. The van der Waals surface area contributed by atoms with E-state index in [9.17, 15) is 10.2 Å². The molecule has 0 aliphatic rings. The van der Waals surface area contributed by atoms with Gasteiger partial charge in [-0.1, -0.05) is 72.3 Å². The summed E-state index contributed by atoms with van der Waals surface area (Å²) in [6.07, 6.45) is 4.64. The molecule has 0 aliphatic carbocycles. The standard InChI is InChI=1S/C29H28ClNO2.C2H4/c1-29(2,33)26-9-4-3-7-21(26)13-17-28(32)23-8-5-6-20(18-23)10-15-25-16-12-22-11-14-24(30)19-27(22)31-25;1-2/h3-12,14-16,18-19,28,32-33H,13,17H2,1-2H3;1-2H2/b15-10+;. The Morgan fingerprint density at radius 2 is 1.69 bits per heavy atom. The van der Waals surface area contributed by atoms with Crippen LogP contribution in [0.25, 0.3) is 23.1 Å². The van der Waals surface area contributed by atoms with Gasteiger partial charge in [0.1, 0.15) is 0 Å². The summed E-state index contributed by atoms with van der Waals surface area (Å²) in [7, 11) is 0. The van der Waals surface area contributed by atoms with Crippen molar-refractivity contribution in [1.82, 2.24) is 4.98 Å². The molecule has 0 spiro atoms. The van der Waals surface area contributed by atoms with Gasteiger partial charge < -0.3 is 10.2 Å². The first-order chi connectivity index (χ1) is 16.8. The van der Waals surface area contributed by atoms with Crippen molar-refractivity contribution in [1.29, 1.82) is 0 Å². The van der Waals surface area contributed by atoms with Crippen molar-refractivity contribution in [2.75, 3.05) is 0 Å². The lowest BCUT2D eigenvalue weighted by Crippen LogP contribution is -2.18. The first-order valence-corrected chi connectivity index (χ1v) is 12.0. The summed E-state index contributed by atoms with van der Waals surface area (Å²) in [5.74, 6) is 0. The molecule has 2 N–H and O–H groups in total. The highest BCUT2D eigenvalue weighted by atomic mass is 35.5. The number of aliphatic hydroxyl groups is 2. The zero-order valence-corrected chi connectivity index (χ0v) is 21.0. The van der Waals surface area contributed by atoms with Crippen LogP contribution in [0.4, 0.5) is 0 Å². The maximum atomic E-state index is 10.8. The third kappa shape index (κ3) is 7.12. The predicted octanol–water partition coefficient (Wildman–Crippen LogP) is 7.75. The number of pyridine rings is 1. The van der Waals surface area contributed by atoms with Crippen LogP contribution in [0.5, 0.6) is 0 Å². The van der Waals surface area contributed by atoms with Crippen molar-refractivity contribution in [3.63, 3.8) is 0 Å². The summed E-state index contributed by atoms with van der Waals surface area (Å²) in [4.78, 5) is 4.66. The Balaban J connectivity index is 0.00000167. The van der Waals surface area contributed by atoms with Crippen LogP contribution >= 0.6 is 11.6 Å². The Hall–Kier alpha value is -3.24. The van der Waals surface area contributed by atoms with Gasteiger partial charge in [-0.3, -0.25) is 0 Å². The molecule has 35 heavy (non-hydrogen) atoms. The highest BCUT2D eigenvalue weighted by Gasteiger charge is 2.20. The lowest BCUT2D eigenvalue weighted by Gasteiger charge is -2.22. The molecule has 3 nitrogen and oxygen atoms in total. The summed E-state index contributed by atoms with van der Waals surface area (Å²) in [6, 6.07) is 25.5. The number of hydrogen-bond acceptors (Lipinski definition) is 3. The smallest absolute Gasteiger partial charge is 0.0843 e. The topological polar surface area (TPSA) is 53.4 Å². The van der Waals surface area contributed by atoms with Crippen LogP contribution in [-0.4, -0.2) is 15.2 Å². The van der Waals surface area contributed by atoms with E-state index in [2.05, 4.69) is 18.1 Å². The van der Waals surface area contributed by atoms with Gasteiger partial charge in [-0.2, -0.15) is 0 Å². The molecular weight excluding hydrogens is 454 g/mol. The largest absolute Gasteiger partial charge is 0.388 e. The van der Waals surface area contributed by atoms with Crippen LogP contribution in [0.3, 0.4) is 0 Å². The Morgan fingerprint density at radius 3 is 2.46 bits per heavy atom. The van der Waals surface area contributed by atoms with Crippen LogP contribution in [0, 0.1) is 0 Å². The molecule has 0 saturated heterocycles. The molecule has 1 unspecified atom stereocenters. The third-order valence-corrected chi connectivity index (χ3v) is 6.02. The number of rotatable bonds is 7. The highest BCUT2D eigenvalue weighted by Crippen LogP contribution is 2.27. The second-order valence-electron chi connectivity index (χ2n) is 8.85. The first-order valence-electron chi connectivity index (χ1n) is 11.6. The minimum atomic E-state index is -0.908. The summed E-state index contributed by atoms with van der Waals surface area (Å²) in [6.45, 7) is 9.58. The van der Waals surface area contributed by atoms with E-state index in [1.54, 1.807) is 13.8 Å². The number of fused-ring (bicyclic) bond motifs is 1. The molecule has 180 valence electrons. The lowest BCUT2D eigenvalue weighted by atomic mass is 9.90. The molecular formula is C31H32ClNO2. The Kier molecular flexibility index (Phi) is 9.00. The van der Waals surface area contributed by atoms with Crippen LogP contribution < -0.4 is 0 Å². The fraction of sp³-hybridized carbons (Fsp3) is 0.194. The normalized spacial score (nSPS) is 12.4. The molecule has 4 heteroatoms. The third-order valence-electron chi connectivity index (χ3n) is 5.78. The Bertz CT molecular complexity index is 1310. The van der Waals surface area contributed by atoms with E-state index in [1.165, 1.54) is 0 Å². The SMILES string of the molecule is C=C.CC(C)(O)c1ccccc1CCC(O)c1cccc(/C=C/c2ccc3ccc(Cl)cc3n2)c1. The van der Waals surface area contributed by atoms with Crippen molar-refractivity contribution in [2.45, 2.75) is 38.4 Å². The summed E-state index contributed by atoms with van der Waals surface area (Å²) in [5, 5.41) is 23.0. The van der Waals surface area contributed by atoms with Gasteiger partial charge in [0.05, 0.1) is 22.9 Å². The van der Waals surface area contributed by atoms with Gasteiger partial charge in [0, 0.05) is 10.4 Å². The zero-order valence-electron chi connectivity index (χ0n) is 20.3. The fourth-order valence-electron chi connectivity index (χ4n) is 4.04. The van der Waals surface area contributed by atoms with Crippen molar-refractivity contribution < 1.29 is 10.2 Å². The summed E-state index contributed by atoms with van der Waals surface area (Å²) in [5.41, 5.74) is 4.63. The molecule has 0 aliphatic heterocycles. The summed E-state index contributed by atoms with van der Waals surface area (Å²) < 4.78 is 0. The first kappa shape index (κ1) is 26.4. The molecule has 1 atom stereocenters. The Labute approximate surface area is 213 Å².